The second-order valence-corrected chi connectivity index (χ2v) is 7.46. The van der Waals surface area contributed by atoms with Crippen LogP contribution in [0.3, 0.4) is 0 Å². The molecule has 150 valence electrons. The molecule has 5 rings (SSSR count). The zero-order valence-electron chi connectivity index (χ0n) is 16.4. The van der Waals surface area contributed by atoms with Crippen LogP contribution in [0.4, 0.5) is 16.2 Å². The lowest BCUT2D eigenvalue weighted by molar-refractivity contribution is 0.0996. The minimum absolute atomic E-state index is 0.0342. The maximum Gasteiger partial charge on any atom is 0.327 e. The van der Waals surface area contributed by atoms with Gasteiger partial charge in [-0.2, -0.15) is 0 Å². The zero-order chi connectivity index (χ0) is 20.7. The Kier molecular flexibility index (Phi) is 4.35. The van der Waals surface area contributed by atoms with Crippen molar-refractivity contribution in [2.24, 2.45) is 4.99 Å². The van der Waals surface area contributed by atoms with E-state index in [0.717, 1.165) is 22.4 Å². The summed E-state index contributed by atoms with van der Waals surface area (Å²) in [5.41, 5.74) is 4.20. The van der Waals surface area contributed by atoms with Gasteiger partial charge in [-0.15, -0.1) is 0 Å². The van der Waals surface area contributed by atoms with Gasteiger partial charge in [0.2, 0.25) is 0 Å². The van der Waals surface area contributed by atoms with Gasteiger partial charge >= 0.3 is 6.03 Å². The van der Waals surface area contributed by atoms with Gasteiger partial charge in [-0.3, -0.25) is 14.7 Å². The molecule has 0 saturated heterocycles. The monoisotopic (exact) mass is 400 g/mol. The summed E-state index contributed by atoms with van der Waals surface area (Å²) < 4.78 is 5.26. The molecule has 0 fully saturated rings. The lowest BCUT2D eigenvalue weighted by Crippen LogP contribution is -2.49. The first-order valence-corrected chi connectivity index (χ1v) is 9.78. The standard InChI is InChI=1S/C23H20N4O3/c1-14-9-10-30-20(14)22(28)25-17-6-4-5-15(11-17)16-12-24-21-18-7-2-3-8-19(18)26-23(29)27(21)13-16/h2-11,16H,12-13H2,1H3,(H,25,28)(H,26,29). The lowest BCUT2D eigenvalue weighted by Gasteiger charge is -2.36. The van der Waals surface area contributed by atoms with Crippen molar-refractivity contribution in [3.05, 3.63) is 83.3 Å². The van der Waals surface area contributed by atoms with Crippen LogP contribution in [0.25, 0.3) is 0 Å². The van der Waals surface area contributed by atoms with Crippen LogP contribution < -0.4 is 10.6 Å². The average molecular weight is 400 g/mol. The van der Waals surface area contributed by atoms with E-state index in [4.69, 9.17) is 9.41 Å². The molecule has 2 N–H and O–H groups in total. The van der Waals surface area contributed by atoms with Crippen molar-refractivity contribution in [1.29, 1.82) is 0 Å². The molecular formula is C23H20N4O3. The van der Waals surface area contributed by atoms with Crippen molar-refractivity contribution >= 4 is 29.1 Å². The largest absolute Gasteiger partial charge is 0.459 e. The number of urea groups is 1. The molecule has 1 unspecified atom stereocenters. The molecule has 3 aromatic rings. The Labute approximate surface area is 173 Å². The number of furan rings is 1. The van der Waals surface area contributed by atoms with E-state index in [-0.39, 0.29) is 17.9 Å². The minimum Gasteiger partial charge on any atom is -0.459 e. The van der Waals surface area contributed by atoms with Crippen molar-refractivity contribution in [2.75, 3.05) is 23.7 Å². The number of benzene rings is 2. The molecule has 1 aromatic heterocycles. The van der Waals surface area contributed by atoms with Crippen LogP contribution in [0, 0.1) is 6.92 Å². The van der Waals surface area contributed by atoms with Crippen LogP contribution in [0.1, 0.15) is 33.2 Å². The predicted molar refractivity (Wildman–Crippen MR) is 114 cm³/mol. The van der Waals surface area contributed by atoms with E-state index in [1.165, 1.54) is 6.26 Å². The van der Waals surface area contributed by atoms with E-state index in [0.29, 0.717) is 30.4 Å². The Morgan fingerprint density at radius 2 is 2.07 bits per heavy atom. The molecule has 0 spiro atoms. The molecule has 0 bridgehead atoms. The molecule has 2 aliphatic rings. The van der Waals surface area contributed by atoms with E-state index in [1.54, 1.807) is 11.0 Å². The highest BCUT2D eigenvalue weighted by atomic mass is 16.3. The van der Waals surface area contributed by atoms with E-state index < -0.39 is 0 Å². The Balaban J connectivity index is 1.38. The molecule has 1 atom stereocenters. The molecular weight excluding hydrogens is 380 g/mol. The number of aliphatic imine (C=N–C) groups is 1. The van der Waals surface area contributed by atoms with E-state index in [9.17, 15) is 9.59 Å². The summed E-state index contributed by atoms with van der Waals surface area (Å²) in [4.78, 5) is 31.5. The Morgan fingerprint density at radius 3 is 2.90 bits per heavy atom. The number of fused-ring (bicyclic) bond motifs is 3. The average Bonchev–Trinajstić information content (AvgIpc) is 3.20. The van der Waals surface area contributed by atoms with Crippen LogP contribution in [-0.2, 0) is 0 Å². The van der Waals surface area contributed by atoms with Gasteiger partial charge in [0.1, 0.15) is 5.84 Å². The van der Waals surface area contributed by atoms with Gasteiger partial charge in [0.25, 0.3) is 5.91 Å². The third-order valence-corrected chi connectivity index (χ3v) is 5.46. The fourth-order valence-corrected chi connectivity index (χ4v) is 3.90. The maximum atomic E-state index is 12.6. The van der Waals surface area contributed by atoms with Crippen molar-refractivity contribution in [3.8, 4) is 0 Å². The van der Waals surface area contributed by atoms with E-state index in [1.807, 2.05) is 55.5 Å². The number of amides is 3. The number of aryl methyl sites for hydroxylation is 1. The summed E-state index contributed by atoms with van der Waals surface area (Å²) >= 11 is 0. The molecule has 0 radical (unpaired) electrons. The SMILES string of the molecule is Cc1ccoc1C(=O)Nc1cccc(C2CN=C3c4ccccc4NC(=O)N3C2)c1. The summed E-state index contributed by atoms with van der Waals surface area (Å²) in [7, 11) is 0. The third-order valence-electron chi connectivity index (χ3n) is 5.46. The van der Waals surface area contributed by atoms with Crippen molar-refractivity contribution in [2.45, 2.75) is 12.8 Å². The number of nitrogens with zero attached hydrogens (tertiary/aromatic N) is 2. The molecule has 7 nitrogen and oxygen atoms in total. The zero-order valence-corrected chi connectivity index (χ0v) is 16.4. The van der Waals surface area contributed by atoms with E-state index >= 15 is 0 Å². The van der Waals surface area contributed by atoms with Crippen LogP contribution in [0.15, 0.2) is 70.3 Å². The van der Waals surface area contributed by atoms with Crippen LogP contribution in [-0.4, -0.2) is 35.8 Å². The number of carbonyl (C=O) groups excluding carboxylic acids is 2. The van der Waals surface area contributed by atoms with Crippen LogP contribution in [0.2, 0.25) is 0 Å². The van der Waals surface area contributed by atoms with Gasteiger partial charge in [0.05, 0.1) is 12.0 Å². The summed E-state index contributed by atoms with van der Waals surface area (Å²) in [6.07, 6.45) is 1.50. The number of hydrogen-bond donors (Lipinski definition) is 2. The van der Waals surface area contributed by atoms with Gasteiger partial charge in [0.15, 0.2) is 5.76 Å². The first-order chi connectivity index (χ1) is 14.6. The molecule has 3 amide bonds. The Bertz CT molecular complexity index is 1180. The Morgan fingerprint density at radius 1 is 1.20 bits per heavy atom. The number of nitrogens with one attached hydrogen (secondary N) is 2. The van der Waals surface area contributed by atoms with Crippen LogP contribution in [0.5, 0.6) is 0 Å². The number of carbonyl (C=O) groups is 2. The van der Waals surface area contributed by atoms with Crippen LogP contribution >= 0.6 is 0 Å². The predicted octanol–water partition coefficient (Wildman–Crippen LogP) is 4.23. The minimum atomic E-state index is -0.286. The molecule has 0 saturated carbocycles. The highest BCUT2D eigenvalue weighted by molar-refractivity contribution is 6.18. The molecule has 30 heavy (non-hydrogen) atoms. The molecule has 3 heterocycles. The molecule has 2 aliphatic heterocycles. The van der Waals surface area contributed by atoms with Gasteiger partial charge in [-0.05, 0) is 42.8 Å². The van der Waals surface area contributed by atoms with Crippen molar-refractivity contribution in [1.82, 2.24) is 4.90 Å². The first-order valence-electron chi connectivity index (χ1n) is 9.78. The number of anilines is 2. The number of hydrogen-bond acceptors (Lipinski definition) is 4. The highest BCUT2D eigenvalue weighted by Gasteiger charge is 2.34. The summed E-state index contributed by atoms with van der Waals surface area (Å²) in [6.45, 7) is 2.92. The smallest absolute Gasteiger partial charge is 0.327 e. The molecule has 2 aromatic carbocycles. The maximum absolute atomic E-state index is 12.6. The topological polar surface area (TPSA) is 86.9 Å². The van der Waals surface area contributed by atoms with Crippen molar-refractivity contribution < 1.29 is 14.0 Å². The quantitative estimate of drug-likeness (QED) is 0.690. The Hall–Kier alpha value is -3.87. The number of rotatable bonds is 3. The van der Waals surface area contributed by atoms with Gasteiger partial charge in [-0.1, -0.05) is 24.3 Å². The number of amidine groups is 1. The highest BCUT2D eigenvalue weighted by Crippen LogP contribution is 2.31. The summed E-state index contributed by atoms with van der Waals surface area (Å²) in [5.74, 6) is 0.761. The van der Waals surface area contributed by atoms with Gasteiger partial charge < -0.3 is 15.1 Å². The molecule has 7 heteroatoms. The number of para-hydroxylation sites is 1. The van der Waals surface area contributed by atoms with Gasteiger partial charge in [-0.25, -0.2) is 4.79 Å². The second kappa shape index (κ2) is 7.18. The lowest BCUT2D eigenvalue weighted by atomic mass is 9.95. The first kappa shape index (κ1) is 18.2. The summed E-state index contributed by atoms with van der Waals surface area (Å²) in [5, 5.41) is 5.81. The third kappa shape index (κ3) is 3.14. The fourth-order valence-electron chi connectivity index (χ4n) is 3.90. The van der Waals surface area contributed by atoms with Gasteiger partial charge in [0, 0.05) is 35.8 Å². The van der Waals surface area contributed by atoms with E-state index in [2.05, 4.69) is 10.6 Å². The molecule has 0 aliphatic carbocycles. The van der Waals surface area contributed by atoms with Crippen molar-refractivity contribution in [3.63, 3.8) is 0 Å². The second-order valence-electron chi connectivity index (χ2n) is 7.46. The fraction of sp³-hybridized carbons (Fsp3) is 0.174. The summed E-state index contributed by atoms with van der Waals surface area (Å²) in [6, 6.07) is 16.9. The normalized spacial score (nSPS) is 17.5.